The Morgan fingerprint density at radius 3 is 2.33 bits per heavy atom. The Balaban J connectivity index is 3.02. The van der Waals surface area contributed by atoms with Gasteiger partial charge in [-0.15, -0.1) is 0 Å². The first kappa shape index (κ1) is 15.0. The average molecular weight is 279 g/mol. The number of aliphatic hydroxyl groups excluding tert-OH is 1. The first-order valence-corrected chi connectivity index (χ1v) is 6.84. The van der Waals surface area contributed by atoms with Crippen LogP contribution in [0.4, 0.5) is 8.78 Å². The molecular weight excluding hydrogens is 264 g/mol. The largest absolute Gasteiger partial charge is 0.395 e. The highest BCUT2D eigenvalue weighted by Crippen LogP contribution is 2.15. The van der Waals surface area contributed by atoms with Crippen LogP contribution in [0, 0.1) is 17.6 Å². The molecule has 7 heteroatoms. The lowest BCUT2D eigenvalue weighted by Crippen LogP contribution is -2.41. The topological polar surface area (TPSA) is 66.4 Å². The van der Waals surface area contributed by atoms with E-state index in [2.05, 4.69) is 4.72 Å². The first-order chi connectivity index (χ1) is 8.27. The van der Waals surface area contributed by atoms with E-state index in [1.807, 2.05) is 0 Å². The summed E-state index contributed by atoms with van der Waals surface area (Å²) in [7, 11) is -3.97. The molecule has 0 heterocycles. The molecule has 1 aromatic rings. The molecular formula is C11H15F2NO3S. The number of benzene rings is 1. The summed E-state index contributed by atoms with van der Waals surface area (Å²) in [5, 5.41) is 9.04. The summed E-state index contributed by atoms with van der Waals surface area (Å²) in [6, 6.07) is 1.64. The third-order valence-electron chi connectivity index (χ3n) is 2.51. The van der Waals surface area contributed by atoms with Crippen LogP contribution >= 0.6 is 0 Å². The SMILES string of the molecule is CC(C)C(CO)NS(=O)(=O)c1ccc(F)c(F)c1. The molecule has 4 nitrogen and oxygen atoms in total. The molecule has 0 aromatic heterocycles. The third kappa shape index (κ3) is 3.47. The summed E-state index contributed by atoms with van der Waals surface area (Å²) in [4.78, 5) is -0.375. The quantitative estimate of drug-likeness (QED) is 0.852. The normalized spacial score (nSPS) is 13.9. The van der Waals surface area contributed by atoms with Gasteiger partial charge in [-0.25, -0.2) is 21.9 Å². The second-order valence-electron chi connectivity index (χ2n) is 4.23. The van der Waals surface area contributed by atoms with Crippen molar-refractivity contribution in [2.45, 2.75) is 24.8 Å². The minimum atomic E-state index is -3.97. The van der Waals surface area contributed by atoms with E-state index in [1.54, 1.807) is 13.8 Å². The molecule has 0 spiro atoms. The van der Waals surface area contributed by atoms with Crippen molar-refractivity contribution >= 4 is 10.0 Å². The Morgan fingerprint density at radius 1 is 1.28 bits per heavy atom. The van der Waals surface area contributed by atoms with Crippen molar-refractivity contribution in [1.82, 2.24) is 4.72 Å². The minimum Gasteiger partial charge on any atom is -0.395 e. The molecule has 0 amide bonds. The van der Waals surface area contributed by atoms with E-state index < -0.39 is 27.7 Å². The first-order valence-electron chi connectivity index (χ1n) is 5.36. The van der Waals surface area contributed by atoms with Crippen LogP contribution in [0.25, 0.3) is 0 Å². The van der Waals surface area contributed by atoms with Crippen LogP contribution in [0.1, 0.15) is 13.8 Å². The van der Waals surface area contributed by atoms with Gasteiger partial charge < -0.3 is 5.11 Å². The number of rotatable bonds is 5. The van der Waals surface area contributed by atoms with Gasteiger partial charge in [0.1, 0.15) is 0 Å². The summed E-state index contributed by atoms with van der Waals surface area (Å²) in [6.07, 6.45) is 0. The molecule has 1 aromatic carbocycles. The standard InChI is InChI=1S/C11H15F2NO3S/c1-7(2)11(6-15)14-18(16,17)8-3-4-9(12)10(13)5-8/h3-5,7,11,14-15H,6H2,1-2H3. The second kappa shape index (κ2) is 5.73. The summed E-state index contributed by atoms with van der Waals surface area (Å²) in [5.41, 5.74) is 0. The van der Waals surface area contributed by atoms with Crippen molar-refractivity contribution in [1.29, 1.82) is 0 Å². The zero-order valence-corrected chi connectivity index (χ0v) is 10.8. The summed E-state index contributed by atoms with van der Waals surface area (Å²) in [6.45, 7) is 3.09. The van der Waals surface area contributed by atoms with E-state index in [1.165, 1.54) is 0 Å². The highest BCUT2D eigenvalue weighted by molar-refractivity contribution is 7.89. The van der Waals surface area contributed by atoms with Gasteiger partial charge in [-0.2, -0.15) is 0 Å². The molecule has 0 bridgehead atoms. The highest BCUT2D eigenvalue weighted by Gasteiger charge is 2.22. The molecule has 0 aliphatic heterocycles. The highest BCUT2D eigenvalue weighted by atomic mass is 32.2. The predicted octanol–water partition coefficient (Wildman–Crippen LogP) is 1.26. The van der Waals surface area contributed by atoms with Crippen LogP contribution in [0.2, 0.25) is 0 Å². The number of hydrogen-bond donors (Lipinski definition) is 2. The number of nitrogens with one attached hydrogen (secondary N) is 1. The van der Waals surface area contributed by atoms with Crippen molar-refractivity contribution in [2.24, 2.45) is 5.92 Å². The van der Waals surface area contributed by atoms with E-state index in [0.717, 1.165) is 12.1 Å². The van der Waals surface area contributed by atoms with Crippen molar-refractivity contribution in [3.63, 3.8) is 0 Å². The second-order valence-corrected chi connectivity index (χ2v) is 5.94. The molecule has 0 aliphatic carbocycles. The molecule has 18 heavy (non-hydrogen) atoms. The Bertz CT molecular complexity index is 517. The number of aliphatic hydroxyl groups is 1. The van der Waals surface area contributed by atoms with Crippen molar-refractivity contribution < 1.29 is 22.3 Å². The van der Waals surface area contributed by atoms with Gasteiger partial charge in [0, 0.05) is 6.04 Å². The van der Waals surface area contributed by atoms with Gasteiger partial charge in [-0.05, 0) is 24.1 Å². The smallest absolute Gasteiger partial charge is 0.241 e. The fraction of sp³-hybridized carbons (Fsp3) is 0.455. The maximum absolute atomic E-state index is 13.0. The van der Waals surface area contributed by atoms with E-state index in [9.17, 15) is 17.2 Å². The van der Waals surface area contributed by atoms with Gasteiger partial charge in [-0.3, -0.25) is 0 Å². The molecule has 2 N–H and O–H groups in total. The predicted molar refractivity (Wildman–Crippen MR) is 62.4 cm³/mol. The summed E-state index contributed by atoms with van der Waals surface area (Å²) >= 11 is 0. The van der Waals surface area contributed by atoms with Crippen LogP contribution < -0.4 is 4.72 Å². The fourth-order valence-electron chi connectivity index (χ4n) is 1.30. The van der Waals surface area contributed by atoms with Crippen LogP contribution in [0.3, 0.4) is 0 Å². The van der Waals surface area contributed by atoms with Gasteiger partial charge in [-0.1, -0.05) is 13.8 Å². The fourth-order valence-corrected chi connectivity index (χ4v) is 2.68. The van der Waals surface area contributed by atoms with Gasteiger partial charge in [0.15, 0.2) is 11.6 Å². The van der Waals surface area contributed by atoms with Gasteiger partial charge in [0.2, 0.25) is 10.0 Å². The van der Waals surface area contributed by atoms with E-state index in [-0.39, 0.29) is 17.4 Å². The lowest BCUT2D eigenvalue weighted by atomic mass is 10.1. The Hall–Kier alpha value is -1.05. The monoisotopic (exact) mass is 279 g/mol. The van der Waals surface area contributed by atoms with Crippen LogP contribution in [0.15, 0.2) is 23.1 Å². The van der Waals surface area contributed by atoms with Crippen LogP contribution in [-0.4, -0.2) is 26.2 Å². The maximum Gasteiger partial charge on any atom is 0.241 e. The summed E-state index contributed by atoms with van der Waals surface area (Å²) in [5.74, 6) is -2.48. The van der Waals surface area contributed by atoms with Gasteiger partial charge >= 0.3 is 0 Å². The van der Waals surface area contributed by atoms with E-state index in [0.29, 0.717) is 6.07 Å². The maximum atomic E-state index is 13.0. The average Bonchev–Trinajstić information content (AvgIpc) is 2.29. The third-order valence-corrected chi connectivity index (χ3v) is 4.00. The van der Waals surface area contributed by atoms with Gasteiger partial charge in [0.05, 0.1) is 11.5 Å². The number of halogens is 2. The molecule has 1 atom stereocenters. The number of sulfonamides is 1. The summed E-state index contributed by atoms with van der Waals surface area (Å²) < 4.78 is 51.6. The van der Waals surface area contributed by atoms with E-state index >= 15 is 0 Å². The molecule has 1 rings (SSSR count). The van der Waals surface area contributed by atoms with Crippen molar-refractivity contribution in [3.8, 4) is 0 Å². The zero-order valence-electron chi connectivity index (χ0n) is 10.0. The van der Waals surface area contributed by atoms with E-state index in [4.69, 9.17) is 5.11 Å². The molecule has 0 saturated heterocycles. The Morgan fingerprint density at radius 2 is 1.89 bits per heavy atom. The van der Waals surface area contributed by atoms with Crippen molar-refractivity contribution in [2.75, 3.05) is 6.61 Å². The lowest BCUT2D eigenvalue weighted by molar-refractivity contribution is 0.227. The molecule has 0 radical (unpaired) electrons. The lowest BCUT2D eigenvalue weighted by Gasteiger charge is -2.19. The number of hydrogen-bond acceptors (Lipinski definition) is 3. The molecule has 102 valence electrons. The Kier molecular flexibility index (Phi) is 4.78. The van der Waals surface area contributed by atoms with Crippen LogP contribution in [-0.2, 0) is 10.0 Å². The molecule has 0 fully saturated rings. The van der Waals surface area contributed by atoms with Crippen LogP contribution in [0.5, 0.6) is 0 Å². The Labute approximate surface area is 105 Å². The van der Waals surface area contributed by atoms with Crippen molar-refractivity contribution in [3.05, 3.63) is 29.8 Å². The molecule has 1 unspecified atom stereocenters. The van der Waals surface area contributed by atoms with Gasteiger partial charge in [0.25, 0.3) is 0 Å². The molecule has 0 saturated carbocycles. The minimum absolute atomic E-state index is 0.130. The zero-order chi connectivity index (χ0) is 13.9. The molecule has 0 aliphatic rings.